The van der Waals surface area contributed by atoms with Gasteiger partial charge in [-0.3, -0.25) is 28.5 Å². The third-order valence-electron chi connectivity index (χ3n) is 7.67. The highest BCUT2D eigenvalue weighted by atomic mass is 16.5. The van der Waals surface area contributed by atoms with Crippen molar-refractivity contribution in [2.45, 2.75) is 51.6 Å². The van der Waals surface area contributed by atoms with Gasteiger partial charge in [0.05, 0.1) is 21.7 Å². The number of nitrogens with one attached hydrogen (secondary N) is 1. The van der Waals surface area contributed by atoms with Crippen LogP contribution < -0.4 is 27.4 Å². The molecule has 0 unspecified atom stereocenters. The van der Waals surface area contributed by atoms with Crippen LogP contribution in [0.1, 0.15) is 38.5 Å². The van der Waals surface area contributed by atoms with Gasteiger partial charge in [0.15, 0.2) is 0 Å². The number of unbranched alkanes of at least 4 members (excludes halogenated alkanes) is 2. The largest absolute Gasteiger partial charge is 0.494 e. The van der Waals surface area contributed by atoms with Gasteiger partial charge in [0.2, 0.25) is 5.88 Å². The van der Waals surface area contributed by atoms with Crippen LogP contribution in [0.5, 0.6) is 5.88 Å². The van der Waals surface area contributed by atoms with E-state index in [-0.39, 0.29) is 41.9 Å². The molecular formula is C31H42N4O8. The Balaban J connectivity index is 2.10. The number of aromatic nitrogens is 2. The van der Waals surface area contributed by atoms with Crippen molar-refractivity contribution in [3.05, 3.63) is 48.6 Å². The minimum Gasteiger partial charge on any atom is -0.494 e. The second kappa shape index (κ2) is 15.2. The van der Waals surface area contributed by atoms with Crippen molar-refractivity contribution in [1.82, 2.24) is 9.13 Å². The lowest BCUT2D eigenvalue weighted by Crippen LogP contribution is -2.37. The predicted molar refractivity (Wildman–Crippen MR) is 166 cm³/mol. The fourth-order valence-corrected chi connectivity index (χ4v) is 5.61. The van der Waals surface area contributed by atoms with Crippen molar-refractivity contribution in [3.8, 4) is 17.0 Å². The lowest BCUT2D eigenvalue weighted by molar-refractivity contribution is 0.189. The number of anilines is 1. The van der Waals surface area contributed by atoms with E-state index in [1.807, 2.05) is 0 Å². The van der Waals surface area contributed by atoms with Gasteiger partial charge in [-0.2, -0.15) is 0 Å². The van der Waals surface area contributed by atoms with E-state index in [1.54, 1.807) is 33.5 Å². The summed E-state index contributed by atoms with van der Waals surface area (Å²) in [5, 5.41) is 25.6. The number of nitrogens with zero attached hydrogens (tertiary/aromatic N) is 3. The summed E-state index contributed by atoms with van der Waals surface area (Å²) >= 11 is 0. The van der Waals surface area contributed by atoms with E-state index >= 15 is 0 Å². The third kappa shape index (κ3) is 6.67. The fourth-order valence-electron chi connectivity index (χ4n) is 5.61. The van der Waals surface area contributed by atoms with E-state index < -0.39 is 16.7 Å². The first-order valence-electron chi connectivity index (χ1n) is 14.8. The van der Waals surface area contributed by atoms with Gasteiger partial charge in [0.25, 0.3) is 16.7 Å². The average Bonchev–Trinajstić information content (AvgIpc) is 3.00. The molecule has 2 aliphatic rings. The Morgan fingerprint density at radius 3 is 2.09 bits per heavy atom. The van der Waals surface area contributed by atoms with Crippen molar-refractivity contribution in [1.29, 1.82) is 0 Å². The average molecular weight is 599 g/mol. The van der Waals surface area contributed by atoms with Gasteiger partial charge in [-0.25, -0.2) is 0 Å². The Morgan fingerprint density at radius 1 is 0.767 bits per heavy atom. The van der Waals surface area contributed by atoms with Crippen molar-refractivity contribution in [3.63, 3.8) is 0 Å². The third-order valence-corrected chi connectivity index (χ3v) is 7.67. The molecule has 1 aliphatic carbocycles. The summed E-state index contributed by atoms with van der Waals surface area (Å²) in [6.07, 6.45) is 3.76. The van der Waals surface area contributed by atoms with Crippen LogP contribution in [0.25, 0.3) is 32.7 Å². The van der Waals surface area contributed by atoms with Crippen molar-refractivity contribution in [2.75, 3.05) is 66.2 Å². The summed E-state index contributed by atoms with van der Waals surface area (Å²) in [4.78, 5) is 46.6. The molecular weight excluding hydrogens is 556 g/mol. The summed E-state index contributed by atoms with van der Waals surface area (Å²) in [5.41, 5.74) is -0.325. The molecule has 4 rings (SSSR count). The molecule has 12 heteroatoms. The van der Waals surface area contributed by atoms with E-state index in [2.05, 4.69) is 5.32 Å². The summed E-state index contributed by atoms with van der Waals surface area (Å²) in [6.45, 7) is 2.60. The smallest absolute Gasteiger partial charge is 0.263 e. The number of ether oxygens (including phenoxy) is 3. The summed E-state index contributed by atoms with van der Waals surface area (Å²) in [7, 11) is 4.73. The molecule has 12 nitrogen and oxygen atoms in total. The van der Waals surface area contributed by atoms with E-state index in [0.717, 1.165) is 12.8 Å². The first-order chi connectivity index (χ1) is 20.9. The van der Waals surface area contributed by atoms with Crippen LogP contribution in [0, 0.1) is 0 Å². The minimum atomic E-state index is -0.478. The Kier molecular flexibility index (Phi) is 11.5. The molecule has 2 heterocycles. The van der Waals surface area contributed by atoms with Gasteiger partial charge < -0.3 is 29.7 Å². The zero-order valence-corrected chi connectivity index (χ0v) is 25.2. The summed E-state index contributed by atoms with van der Waals surface area (Å²) in [5.74, 6) is -0.242. The number of aliphatic hydroxyl groups excluding tert-OH is 1. The second-order valence-electron chi connectivity index (χ2n) is 10.6. The molecule has 1 aromatic carbocycles. The molecule has 0 radical (unpaired) electrons. The van der Waals surface area contributed by atoms with Crippen molar-refractivity contribution < 1.29 is 24.4 Å². The molecule has 1 aliphatic heterocycles. The monoisotopic (exact) mass is 598 g/mol. The van der Waals surface area contributed by atoms with Gasteiger partial charge >= 0.3 is 0 Å². The molecule has 0 spiro atoms. The molecule has 0 atom stereocenters. The first kappa shape index (κ1) is 32.3. The number of hydrogen-bond donors (Lipinski definition) is 3. The predicted octanol–water partition coefficient (Wildman–Crippen LogP) is 1.95. The van der Waals surface area contributed by atoms with E-state index in [4.69, 9.17) is 24.3 Å². The van der Waals surface area contributed by atoms with Crippen LogP contribution in [0.2, 0.25) is 0 Å². The van der Waals surface area contributed by atoms with Crippen LogP contribution in [0.15, 0.2) is 31.5 Å². The summed E-state index contributed by atoms with van der Waals surface area (Å²) < 4.78 is 18.0. The van der Waals surface area contributed by atoms with Gasteiger partial charge in [0.1, 0.15) is 0 Å². The standard InChI is InChI=1S/C31H42N4O8/c1-41-15-7-11-33-23-19-21-24-25-20(28(37)35(13-9-17-43-3)31(40)27(23)25)18-22(32-10-5-4-6-14-36)26(24)30(39)34(29(21)38)12-8-16-42-2/h18-19,32,36-37H,4-17H2,1-3H3. The molecule has 0 fully saturated rings. The molecule has 3 N–H and O–H groups in total. The van der Waals surface area contributed by atoms with Crippen LogP contribution in [0.3, 0.4) is 0 Å². The molecule has 1 aromatic heterocycles. The number of hydrogen-bond acceptors (Lipinski definition) is 10. The highest BCUT2D eigenvalue weighted by molar-refractivity contribution is 6.18. The van der Waals surface area contributed by atoms with E-state index in [1.165, 1.54) is 9.13 Å². The van der Waals surface area contributed by atoms with Crippen LogP contribution in [-0.2, 0) is 27.3 Å². The Morgan fingerprint density at radius 2 is 1.42 bits per heavy atom. The number of rotatable bonds is 18. The normalized spacial score (nSPS) is 12.4. The van der Waals surface area contributed by atoms with Crippen LogP contribution >= 0.6 is 0 Å². The van der Waals surface area contributed by atoms with Crippen molar-refractivity contribution >= 4 is 27.2 Å². The van der Waals surface area contributed by atoms with Gasteiger partial charge in [-0.15, -0.1) is 0 Å². The van der Waals surface area contributed by atoms with Gasteiger partial charge in [-0.05, 0) is 50.7 Å². The van der Waals surface area contributed by atoms with E-state index in [9.17, 15) is 19.5 Å². The zero-order chi connectivity index (χ0) is 30.9. The maximum atomic E-state index is 14.0. The number of benzene rings is 2. The SMILES string of the molecule is COCCCN=c1cc2c(=O)n(CCCOC)c(=O)c3c(NCCCCCO)cc4c(O)n(CCCOC)c(=O)c1c4c3-2. The molecule has 0 amide bonds. The molecule has 0 saturated heterocycles. The topological polar surface area (TPSA) is 154 Å². The molecule has 0 bridgehead atoms. The minimum absolute atomic E-state index is 0.100. The number of methoxy groups -OCH3 is 3. The Hall–Kier alpha value is -3.58. The maximum Gasteiger partial charge on any atom is 0.263 e. The molecule has 0 saturated carbocycles. The zero-order valence-electron chi connectivity index (χ0n) is 25.2. The second-order valence-corrected chi connectivity index (χ2v) is 10.6. The molecule has 234 valence electrons. The first-order valence-corrected chi connectivity index (χ1v) is 14.8. The molecule has 2 aromatic rings. The summed E-state index contributed by atoms with van der Waals surface area (Å²) in [6, 6.07) is 3.30. The quantitative estimate of drug-likeness (QED) is 0.115. The van der Waals surface area contributed by atoms with Crippen LogP contribution in [-0.4, -0.2) is 80.2 Å². The van der Waals surface area contributed by atoms with Gasteiger partial charge in [-0.1, -0.05) is 0 Å². The number of aromatic hydroxyl groups is 1. The van der Waals surface area contributed by atoms with Crippen LogP contribution in [0.4, 0.5) is 5.69 Å². The molecule has 43 heavy (non-hydrogen) atoms. The lowest BCUT2D eigenvalue weighted by Gasteiger charge is -2.22. The number of pyridine rings is 2. The highest BCUT2D eigenvalue weighted by Gasteiger charge is 2.28. The fraction of sp³-hybridized carbons (Fsp3) is 0.548. The number of aliphatic hydroxyl groups is 1. The maximum absolute atomic E-state index is 14.0. The lowest BCUT2D eigenvalue weighted by atomic mass is 9.89. The van der Waals surface area contributed by atoms with Crippen molar-refractivity contribution in [2.24, 2.45) is 4.99 Å². The van der Waals surface area contributed by atoms with E-state index in [0.29, 0.717) is 86.0 Å². The highest BCUT2D eigenvalue weighted by Crippen LogP contribution is 2.40. The van der Waals surface area contributed by atoms with Gasteiger partial charge in [0, 0.05) is 96.0 Å². The Labute approximate surface area is 249 Å². The Bertz CT molecular complexity index is 1710.